The third-order valence-corrected chi connectivity index (χ3v) is 3.99. The van der Waals surface area contributed by atoms with Gasteiger partial charge < -0.3 is 10.5 Å². The number of aryl methyl sites for hydroxylation is 1. The van der Waals surface area contributed by atoms with Crippen LogP contribution >= 0.6 is 15.9 Å². The maximum absolute atomic E-state index is 5.89. The van der Waals surface area contributed by atoms with Crippen LogP contribution in [0.2, 0.25) is 0 Å². The molecule has 2 nitrogen and oxygen atoms in total. The summed E-state index contributed by atoms with van der Waals surface area (Å²) in [4.78, 5) is 0. The lowest BCUT2D eigenvalue weighted by Crippen LogP contribution is -2.18. The highest BCUT2D eigenvalue weighted by Crippen LogP contribution is 2.24. The Balaban J connectivity index is 2.08. The lowest BCUT2D eigenvalue weighted by molar-refractivity contribution is 0.305. The molecule has 0 amide bonds. The van der Waals surface area contributed by atoms with Crippen molar-refractivity contribution in [2.75, 3.05) is 0 Å². The summed E-state index contributed by atoms with van der Waals surface area (Å²) in [5.74, 6) is 0.882. The van der Waals surface area contributed by atoms with E-state index in [2.05, 4.69) is 41.1 Å². The highest BCUT2D eigenvalue weighted by Gasteiger charge is 2.06. The molecule has 2 aromatic rings. The average molecular weight is 334 g/mol. The van der Waals surface area contributed by atoms with Gasteiger partial charge in [0.05, 0.1) is 0 Å². The van der Waals surface area contributed by atoms with Crippen LogP contribution in [0.25, 0.3) is 0 Å². The van der Waals surface area contributed by atoms with Crippen LogP contribution in [0.15, 0.2) is 46.9 Å². The van der Waals surface area contributed by atoms with Crippen molar-refractivity contribution in [1.82, 2.24) is 0 Å². The molecule has 2 rings (SSSR count). The van der Waals surface area contributed by atoms with Gasteiger partial charge in [0, 0.05) is 10.5 Å². The number of hydrogen-bond acceptors (Lipinski definition) is 2. The van der Waals surface area contributed by atoms with Gasteiger partial charge in [0.1, 0.15) is 12.4 Å². The molecule has 3 heteroatoms. The van der Waals surface area contributed by atoms with Crippen molar-refractivity contribution < 1.29 is 4.74 Å². The summed E-state index contributed by atoms with van der Waals surface area (Å²) in [5.41, 5.74) is 9.51. The first-order valence-corrected chi connectivity index (χ1v) is 7.57. The van der Waals surface area contributed by atoms with Crippen molar-refractivity contribution in [3.05, 3.63) is 63.6 Å². The molecule has 0 aromatic heterocycles. The Hall–Kier alpha value is -1.32. The van der Waals surface area contributed by atoms with Crippen LogP contribution < -0.4 is 10.5 Å². The lowest BCUT2D eigenvalue weighted by atomic mass is 10.1. The Kier molecular flexibility index (Phi) is 5.21. The van der Waals surface area contributed by atoms with Crippen molar-refractivity contribution in [1.29, 1.82) is 0 Å². The number of benzene rings is 2. The molecule has 0 radical (unpaired) electrons. The predicted molar refractivity (Wildman–Crippen MR) is 87.0 cm³/mol. The van der Waals surface area contributed by atoms with Crippen molar-refractivity contribution in [3.8, 4) is 5.75 Å². The van der Waals surface area contributed by atoms with E-state index < -0.39 is 0 Å². The van der Waals surface area contributed by atoms with Gasteiger partial charge in [0.15, 0.2) is 0 Å². The fraction of sp³-hybridized carbons (Fsp3) is 0.294. The number of rotatable bonds is 5. The molecule has 106 valence electrons. The zero-order valence-electron chi connectivity index (χ0n) is 11.9. The van der Waals surface area contributed by atoms with Gasteiger partial charge in [-0.1, -0.05) is 40.2 Å². The molecule has 0 heterocycles. The van der Waals surface area contributed by atoms with Gasteiger partial charge in [-0.05, 0) is 55.2 Å². The molecule has 0 bridgehead atoms. The van der Waals surface area contributed by atoms with E-state index in [-0.39, 0.29) is 6.04 Å². The van der Waals surface area contributed by atoms with E-state index in [0.29, 0.717) is 6.61 Å². The molecule has 0 saturated heterocycles. The van der Waals surface area contributed by atoms with Crippen molar-refractivity contribution >= 4 is 15.9 Å². The van der Waals surface area contributed by atoms with Crippen molar-refractivity contribution in [2.24, 2.45) is 5.73 Å². The van der Waals surface area contributed by atoms with E-state index in [9.17, 15) is 0 Å². The quantitative estimate of drug-likeness (QED) is 0.888. The predicted octanol–water partition coefficient (Wildman–Crippen LogP) is 4.23. The number of halogens is 1. The van der Waals surface area contributed by atoms with Gasteiger partial charge in [-0.3, -0.25) is 0 Å². The molecule has 0 aliphatic rings. The van der Waals surface area contributed by atoms with E-state index in [4.69, 9.17) is 10.5 Å². The smallest absolute Gasteiger partial charge is 0.120 e. The summed E-state index contributed by atoms with van der Waals surface area (Å²) in [6.07, 6.45) is 0.835. The van der Waals surface area contributed by atoms with Crippen LogP contribution in [0, 0.1) is 6.92 Å². The average Bonchev–Trinajstić information content (AvgIpc) is 2.40. The topological polar surface area (TPSA) is 35.2 Å². The Morgan fingerprint density at radius 1 is 1.15 bits per heavy atom. The molecular weight excluding hydrogens is 314 g/mol. The number of hydrogen-bond donors (Lipinski definition) is 1. The molecule has 0 fully saturated rings. The summed E-state index contributed by atoms with van der Waals surface area (Å²) in [7, 11) is 0. The largest absolute Gasteiger partial charge is 0.489 e. The van der Waals surface area contributed by atoms with Gasteiger partial charge >= 0.3 is 0 Å². The highest BCUT2D eigenvalue weighted by atomic mass is 79.9. The zero-order chi connectivity index (χ0) is 14.5. The first-order valence-electron chi connectivity index (χ1n) is 6.77. The monoisotopic (exact) mass is 333 g/mol. The normalized spacial score (nSPS) is 12.2. The molecule has 1 atom stereocenters. The SMILES string of the molecule is Cc1ccccc1COc1ccc(Br)c(CC(C)N)c1. The van der Waals surface area contributed by atoms with Gasteiger partial charge in [0.25, 0.3) is 0 Å². The minimum atomic E-state index is 0.137. The minimum absolute atomic E-state index is 0.137. The van der Waals surface area contributed by atoms with Gasteiger partial charge in [-0.25, -0.2) is 0 Å². The molecule has 20 heavy (non-hydrogen) atoms. The summed E-state index contributed by atoms with van der Waals surface area (Å²) in [5, 5.41) is 0. The number of nitrogens with two attached hydrogens (primary N) is 1. The van der Waals surface area contributed by atoms with Gasteiger partial charge in [-0.2, -0.15) is 0 Å². The summed E-state index contributed by atoms with van der Waals surface area (Å²) < 4.78 is 6.97. The fourth-order valence-electron chi connectivity index (χ4n) is 2.08. The van der Waals surface area contributed by atoms with E-state index >= 15 is 0 Å². The Bertz CT molecular complexity index is 581. The molecule has 0 aliphatic heterocycles. The third kappa shape index (κ3) is 4.09. The highest BCUT2D eigenvalue weighted by molar-refractivity contribution is 9.10. The standard InChI is InChI=1S/C17H20BrNO/c1-12-5-3-4-6-14(12)11-20-16-7-8-17(18)15(10-16)9-13(2)19/h3-8,10,13H,9,11,19H2,1-2H3. The van der Waals surface area contributed by atoms with E-state index in [1.165, 1.54) is 16.7 Å². The van der Waals surface area contributed by atoms with Gasteiger partial charge in [-0.15, -0.1) is 0 Å². The Morgan fingerprint density at radius 3 is 2.60 bits per heavy atom. The van der Waals surface area contributed by atoms with Crippen LogP contribution in [0.5, 0.6) is 5.75 Å². The van der Waals surface area contributed by atoms with E-state index in [0.717, 1.165) is 16.6 Å². The molecular formula is C17H20BrNO. The van der Waals surface area contributed by atoms with Crippen LogP contribution in [0.1, 0.15) is 23.6 Å². The van der Waals surface area contributed by atoms with E-state index in [1.807, 2.05) is 31.2 Å². The second-order valence-electron chi connectivity index (χ2n) is 5.15. The molecule has 1 unspecified atom stereocenters. The van der Waals surface area contributed by atoms with Crippen molar-refractivity contribution in [2.45, 2.75) is 32.9 Å². The van der Waals surface area contributed by atoms with Crippen LogP contribution in [-0.2, 0) is 13.0 Å². The molecule has 0 aliphatic carbocycles. The van der Waals surface area contributed by atoms with Crippen LogP contribution in [0.4, 0.5) is 0 Å². The third-order valence-electron chi connectivity index (χ3n) is 3.21. The summed E-state index contributed by atoms with van der Waals surface area (Å²) >= 11 is 3.56. The maximum atomic E-state index is 5.89. The molecule has 0 saturated carbocycles. The Morgan fingerprint density at radius 2 is 1.90 bits per heavy atom. The maximum Gasteiger partial charge on any atom is 0.120 e. The second-order valence-corrected chi connectivity index (χ2v) is 6.00. The first kappa shape index (κ1) is 15.1. The lowest BCUT2D eigenvalue weighted by Gasteiger charge is -2.12. The first-order chi connectivity index (χ1) is 9.56. The van der Waals surface area contributed by atoms with Crippen LogP contribution in [0.3, 0.4) is 0 Å². The summed E-state index contributed by atoms with van der Waals surface area (Å²) in [6, 6.07) is 14.5. The molecule has 2 aromatic carbocycles. The van der Waals surface area contributed by atoms with Crippen molar-refractivity contribution in [3.63, 3.8) is 0 Å². The Labute approximate surface area is 129 Å². The van der Waals surface area contributed by atoms with E-state index in [1.54, 1.807) is 0 Å². The number of ether oxygens (including phenoxy) is 1. The second kappa shape index (κ2) is 6.91. The molecule has 2 N–H and O–H groups in total. The zero-order valence-corrected chi connectivity index (χ0v) is 13.5. The van der Waals surface area contributed by atoms with Crippen LogP contribution in [-0.4, -0.2) is 6.04 Å². The molecule has 0 spiro atoms. The van der Waals surface area contributed by atoms with Gasteiger partial charge in [0.2, 0.25) is 0 Å². The minimum Gasteiger partial charge on any atom is -0.489 e. The summed E-state index contributed by atoms with van der Waals surface area (Å²) in [6.45, 7) is 4.70. The fourth-order valence-corrected chi connectivity index (χ4v) is 2.49.